The molecule has 13 heterocycles. The fourth-order valence-corrected chi connectivity index (χ4v) is 12.4. The second-order valence-electron chi connectivity index (χ2n) is 23.7. The van der Waals surface area contributed by atoms with E-state index >= 15 is 0 Å². The fraction of sp³-hybridized carbons (Fsp3) is 0.0845. The van der Waals surface area contributed by atoms with Crippen LogP contribution in [0.2, 0.25) is 0 Å². The fourth-order valence-electron chi connectivity index (χ4n) is 12.4. The highest BCUT2D eigenvalue weighted by Crippen LogP contribution is 2.33. The third-order valence-electron chi connectivity index (χ3n) is 17.4. The molecule has 0 radical (unpaired) electrons. The first-order valence-electron chi connectivity index (χ1n) is 31.5. The lowest BCUT2D eigenvalue weighted by Gasteiger charge is -2.03. The Morgan fingerprint density at radius 2 is 0.694 bits per heavy atom. The van der Waals surface area contributed by atoms with E-state index < -0.39 is 0 Å². The number of nitrogen functional groups attached to an aromatic ring is 2. The zero-order valence-electron chi connectivity index (χ0n) is 52.5. The Hall–Kier alpha value is -13.9. The number of pyridine rings is 1. The van der Waals surface area contributed by atoms with Crippen LogP contribution in [-0.2, 0) is 14.1 Å². The minimum atomic E-state index is 0.0143. The van der Waals surface area contributed by atoms with Crippen LogP contribution in [0.3, 0.4) is 0 Å². The van der Waals surface area contributed by atoms with Gasteiger partial charge in [-0.05, 0) is 146 Å². The van der Waals surface area contributed by atoms with E-state index in [-0.39, 0.29) is 11.7 Å². The molecule has 0 fully saturated rings. The minimum Gasteiger partial charge on any atom is -0.384 e. The summed E-state index contributed by atoms with van der Waals surface area (Å²) < 4.78 is 4.10. The quantitative estimate of drug-likeness (QED) is 0.0400. The molecule has 27 nitrogen and oxygen atoms in total. The number of aliphatic imine (C=N–C) groups is 2. The van der Waals surface area contributed by atoms with Crippen molar-refractivity contribution in [2.75, 3.05) is 26.2 Å². The van der Waals surface area contributed by atoms with E-state index in [1.807, 2.05) is 122 Å². The van der Waals surface area contributed by atoms with Crippen LogP contribution >= 0.6 is 0 Å². The summed E-state index contributed by atoms with van der Waals surface area (Å²) in [4.78, 5) is 77.7. The molecule has 11 aromatic heterocycles. The van der Waals surface area contributed by atoms with Crippen molar-refractivity contribution in [1.82, 2.24) is 104 Å². The highest BCUT2D eigenvalue weighted by Gasteiger charge is 2.21. The van der Waals surface area contributed by atoms with E-state index in [0.29, 0.717) is 11.1 Å². The molecule has 478 valence electrons. The van der Waals surface area contributed by atoms with Crippen molar-refractivity contribution >= 4 is 89.5 Å². The summed E-state index contributed by atoms with van der Waals surface area (Å²) in [7, 11) is 3.97. The number of nitrogens with zero attached hydrogens (tertiary/aromatic N) is 13. The van der Waals surface area contributed by atoms with E-state index in [2.05, 4.69) is 121 Å². The molecule has 0 aliphatic carbocycles. The molecule has 98 heavy (non-hydrogen) atoms. The second kappa shape index (κ2) is 23.6. The number of aromatic amines is 8. The van der Waals surface area contributed by atoms with Gasteiger partial charge in [0.1, 0.15) is 46.4 Å². The molecule has 16 N–H and O–H groups in total. The molecule has 0 saturated carbocycles. The smallest absolute Gasteiger partial charge is 0.157 e. The largest absolute Gasteiger partial charge is 0.384 e. The Morgan fingerprint density at radius 3 is 1.03 bits per heavy atom. The molecule has 2 aliphatic heterocycles. The highest BCUT2D eigenvalue weighted by molar-refractivity contribution is 6.04. The van der Waals surface area contributed by atoms with Crippen LogP contribution in [0.4, 0.5) is 0 Å². The van der Waals surface area contributed by atoms with Crippen LogP contribution in [0.5, 0.6) is 0 Å². The van der Waals surface area contributed by atoms with Crippen LogP contribution in [0.15, 0.2) is 186 Å². The van der Waals surface area contributed by atoms with E-state index in [1.54, 1.807) is 36.7 Å². The minimum absolute atomic E-state index is 0.0143. The molecule has 0 spiro atoms. The SMILES string of the molecule is Cn1c(-c2nc3cc(-c4ncc[nH]4)ccc3[nH]2)ccc1-c1nc2cc(-c3ncc[nH]3)ccc2[nH]1.Cn1c(-c2nc3cc(C(=N)N)ccc3[nH]2)ccc1-c1nc2cc(C(=N)N)ccc2[nH]1.c1cc(-c2nc3cc(C4=NCCN4)ccc3[nH]2)nc(-c2nc3cc(C4=NCCN4)ccc3[nH]2)c1. The van der Waals surface area contributed by atoms with E-state index in [0.717, 1.165) is 207 Å². The summed E-state index contributed by atoms with van der Waals surface area (Å²) in [5, 5.41) is 21.8. The van der Waals surface area contributed by atoms with Crippen LogP contribution in [-0.4, -0.2) is 143 Å². The lowest BCUT2D eigenvalue weighted by Crippen LogP contribution is -2.19. The second-order valence-corrected chi connectivity index (χ2v) is 23.7. The lowest BCUT2D eigenvalue weighted by molar-refractivity contribution is 0.926. The summed E-state index contributed by atoms with van der Waals surface area (Å²) in [6.07, 6.45) is 7.13. The highest BCUT2D eigenvalue weighted by atomic mass is 15.1. The van der Waals surface area contributed by atoms with Gasteiger partial charge in [0.2, 0.25) is 0 Å². The van der Waals surface area contributed by atoms with Gasteiger partial charge in [0.25, 0.3) is 0 Å². The first-order chi connectivity index (χ1) is 47.9. The van der Waals surface area contributed by atoms with Crippen LogP contribution < -0.4 is 22.1 Å². The predicted octanol–water partition coefficient (Wildman–Crippen LogP) is 10.4. The number of nitrogens with one attached hydrogen (secondary N) is 12. The molecular formula is C71H59N27. The van der Waals surface area contributed by atoms with E-state index in [1.165, 1.54) is 0 Å². The third-order valence-corrected chi connectivity index (χ3v) is 17.4. The number of hydrogen-bond donors (Lipinski definition) is 14. The van der Waals surface area contributed by atoms with Gasteiger partial charge in [-0.15, -0.1) is 0 Å². The van der Waals surface area contributed by atoms with Gasteiger partial charge in [-0.2, -0.15) is 0 Å². The normalized spacial score (nSPS) is 12.9. The van der Waals surface area contributed by atoms with Crippen LogP contribution in [0.25, 0.3) is 158 Å². The number of rotatable bonds is 12. The number of nitrogens with two attached hydrogens (primary N) is 2. The van der Waals surface area contributed by atoms with Crippen molar-refractivity contribution < 1.29 is 0 Å². The molecule has 2 aliphatic rings. The van der Waals surface area contributed by atoms with Crippen molar-refractivity contribution in [3.05, 3.63) is 199 Å². The molecule has 0 amide bonds. The van der Waals surface area contributed by atoms with Gasteiger partial charge in [0.05, 0.1) is 102 Å². The maximum Gasteiger partial charge on any atom is 0.157 e. The Bertz CT molecular complexity index is 5650. The molecule has 17 aromatic rings. The topological polar surface area (TPSA) is 401 Å². The number of H-pyrrole nitrogens is 8. The first kappa shape index (κ1) is 58.0. The zero-order chi connectivity index (χ0) is 66.1. The number of imidazole rings is 8. The maximum absolute atomic E-state index is 7.60. The van der Waals surface area contributed by atoms with Gasteiger partial charge in [-0.25, -0.2) is 44.9 Å². The molecular weight excluding hydrogens is 1230 g/mol. The monoisotopic (exact) mass is 1290 g/mol. The Balaban J connectivity index is 0.000000111. The predicted molar refractivity (Wildman–Crippen MR) is 382 cm³/mol. The van der Waals surface area contributed by atoms with Gasteiger partial charge < -0.3 is 71.1 Å². The summed E-state index contributed by atoms with van der Waals surface area (Å²) in [6, 6.07) is 49.4. The maximum atomic E-state index is 7.60. The van der Waals surface area contributed by atoms with Gasteiger partial charge >= 0.3 is 0 Å². The lowest BCUT2D eigenvalue weighted by atomic mass is 10.2. The molecule has 0 atom stereocenters. The van der Waals surface area contributed by atoms with Crippen LogP contribution in [0, 0.1) is 10.8 Å². The summed E-state index contributed by atoms with van der Waals surface area (Å²) in [6.45, 7) is 3.38. The zero-order valence-corrected chi connectivity index (χ0v) is 52.5. The Kier molecular flexibility index (Phi) is 14.0. The number of hydrogen-bond acceptors (Lipinski definition) is 15. The molecule has 0 bridgehead atoms. The Morgan fingerprint density at radius 1 is 0.367 bits per heavy atom. The number of amidine groups is 4. The van der Waals surface area contributed by atoms with Gasteiger partial charge in [0.15, 0.2) is 34.9 Å². The van der Waals surface area contributed by atoms with Crippen molar-refractivity contribution in [3.63, 3.8) is 0 Å². The van der Waals surface area contributed by atoms with E-state index in [4.69, 9.17) is 47.2 Å². The summed E-state index contributed by atoms with van der Waals surface area (Å²) in [5.41, 5.74) is 32.5. The average Bonchev–Trinajstić information content (AvgIpc) is 1.64. The van der Waals surface area contributed by atoms with Crippen molar-refractivity contribution in [3.8, 4) is 91.9 Å². The van der Waals surface area contributed by atoms with Gasteiger partial charge in [0, 0.05) is 85.4 Å². The van der Waals surface area contributed by atoms with Gasteiger partial charge in [-0.1, -0.05) is 6.07 Å². The van der Waals surface area contributed by atoms with E-state index in [9.17, 15) is 0 Å². The van der Waals surface area contributed by atoms with Crippen molar-refractivity contribution in [2.24, 2.45) is 35.5 Å². The average molecular weight is 1290 g/mol. The number of fused-ring (bicyclic) bond motifs is 6. The number of benzene rings is 6. The third kappa shape index (κ3) is 10.8. The molecule has 27 heteroatoms. The van der Waals surface area contributed by atoms with Crippen LogP contribution in [0.1, 0.15) is 22.3 Å². The standard InChI is InChI=1S/C25H19N9.C25H21N9.C21H19N9/c1-34-20(24-30-16-4-2-14(12-18(16)32-24)22-26-8-9-27-22)6-7-21(34)25-31-17-5-3-15(13-19(17)33-25)23-28-10-11-29-23;1-2-18(24-31-16-6-4-14(12-20(16)33-24)22-26-8-9-27-22)30-19(3-1)25-32-17-7-5-15(13-21(17)34-25)23-28-10-11-29-23;1-30-16(20-26-12-4-2-10(18(22)23)8-14(12)28-20)6-7-17(30)21-27-13-5-3-11(19(24)25)9-15(13)29-21/h2-13H,1H3,(H,26,27)(H,28,29)(H,30,32)(H,31,33);1-7,12-13H,8-11H2,(H,26,27)(H,28,29)(H,31,33)(H,32,34);2-9H,1H3,(H3,22,23)(H3,24,25)(H,26,28)(H,27,29). The van der Waals surface area contributed by atoms with Crippen molar-refractivity contribution in [2.45, 2.75) is 0 Å². The summed E-state index contributed by atoms with van der Waals surface area (Å²) in [5.74, 6) is 8.02. The Labute approximate surface area is 554 Å². The number of aromatic nitrogens is 19. The van der Waals surface area contributed by atoms with Gasteiger partial charge in [-0.3, -0.25) is 20.8 Å². The van der Waals surface area contributed by atoms with Crippen molar-refractivity contribution in [1.29, 1.82) is 10.8 Å². The molecule has 0 unspecified atom stereocenters. The summed E-state index contributed by atoms with van der Waals surface area (Å²) >= 11 is 0. The molecule has 19 rings (SSSR count). The molecule has 0 saturated heterocycles. The first-order valence-corrected chi connectivity index (χ1v) is 31.5. The molecule has 6 aromatic carbocycles.